The molecule has 0 atom stereocenters. The first-order valence-electron chi connectivity index (χ1n) is 10.8. The lowest BCUT2D eigenvalue weighted by Gasteiger charge is -2.32. The zero-order chi connectivity index (χ0) is 23.9. The third-order valence-corrected chi connectivity index (χ3v) is 5.70. The Morgan fingerprint density at radius 3 is 2.38 bits per heavy atom. The van der Waals surface area contributed by atoms with Gasteiger partial charge in [-0.3, -0.25) is 0 Å². The number of benzene rings is 1. The Bertz CT molecular complexity index is 980. The van der Waals surface area contributed by atoms with Crippen LogP contribution in [0.25, 0.3) is 0 Å². The fourth-order valence-electron chi connectivity index (χ4n) is 3.75. The highest BCUT2D eigenvalue weighted by atomic mass is 16.5. The molecule has 0 spiro atoms. The standard InChI is InChI=1S/C27H34O5/c1-18(11-12-22-20(3)10-7-14-27(22,4)5)8-6-9-19(2)13-15-32-26(31)21-16-23(28)25(30)24(29)17-21/h6,8-9,11-13,16-17,28-30H,7,10,14-15H2,1-5H3. The van der Waals surface area contributed by atoms with E-state index in [1.807, 2.05) is 25.2 Å². The summed E-state index contributed by atoms with van der Waals surface area (Å²) in [6, 6.07) is 2.09. The highest BCUT2D eigenvalue weighted by Crippen LogP contribution is 2.40. The molecule has 2 rings (SSSR count). The maximum absolute atomic E-state index is 12.0. The van der Waals surface area contributed by atoms with Crippen LogP contribution in [0, 0.1) is 5.41 Å². The fourth-order valence-corrected chi connectivity index (χ4v) is 3.75. The van der Waals surface area contributed by atoms with E-state index in [1.165, 1.54) is 30.4 Å². The summed E-state index contributed by atoms with van der Waals surface area (Å²) in [6.07, 6.45) is 15.7. The highest BCUT2D eigenvalue weighted by Gasteiger charge is 2.26. The number of aromatic hydroxyl groups is 3. The molecule has 32 heavy (non-hydrogen) atoms. The van der Waals surface area contributed by atoms with E-state index in [4.69, 9.17) is 4.74 Å². The molecule has 0 unspecified atom stereocenters. The van der Waals surface area contributed by atoms with E-state index in [9.17, 15) is 20.1 Å². The van der Waals surface area contributed by atoms with E-state index in [-0.39, 0.29) is 17.6 Å². The fraction of sp³-hybridized carbons (Fsp3) is 0.370. The van der Waals surface area contributed by atoms with Crippen molar-refractivity contribution in [2.24, 2.45) is 5.41 Å². The molecule has 0 radical (unpaired) electrons. The molecule has 3 N–H and O–H groups in total. The van der Waals surface area contributed by atoms with Crippen LogP contribution in [-0.2, 0) is 4.74 Å². The molecule has 0 aromatic heterocycles. The Labute approximate surface area is 190 Å². The zero-order valence-corrected chi connectivity index (χ0v) is 19.6. The van der Waals surface area contributed by atoms with Gasteiger partial charge in [0, 0.05) is 0 Å². The van der Waals surface area contributed by atoms with Crippen molar-refractivity contribution in [1.29, 1.82) is 0 Å². The lowest BCUT2D eigenvalue weighted by atomic mass is 9.72. The number of hydrogen-bond donors (Lipinski definition) is 3. The van der Waals surface area contributed by atoms with Gasteiger partial charge in [0.15, 0.2) is 17.2 Å². The number of phenolic OH excluding ortho intramolecular Hbond substituents is 3. The number of phenols is 3. The second-order valence-electron chi connectivity index (χ2n) is 8.94. The van der Waals surface area contributed by atoms with Gasteiger partial charge < -0.3 is 20.1 Å². The summed E-state index contributed by atoms with van der Waals surface area (Å²) in [7, 11) is 0. The van der Waals surface area contributed by atoms with Gasteiger partial charge in [0.2, 0.25) is 0 Å². The summed E-state index contributed by atoms with van der Waals surface area (Å²) in [4.78, 5) is 12.0. The van der Waals surface area contributed by atoms with Crippen molar-refractivity contribution < 1.29 is 24.9 Å². The number of allylic oxidation sites excluding steroid dienone is 9. The van der Waals surface area contributed by atoms with Gasteiger partial charge in [-0.25, -0.2) is 4.79 Å². The van der Waals surface area contributed by atoms with Crippen LogP contribution in [0.3, 0.4) is 0 Å². The predicted octanol–water partition coefficient (Wildman–Crippen LogP) is 6.49. The summed E-state index contributed by atoms with van der Waals surface area (Å²) in [5, 5.41) is 28.3. The molecular formula is C27H34O5. The van der Waals surface area contributed by atoms with E-state index in [0.29, 0.717) is 0 Å². The molecule has 172 valence electrons. The largest absolute Gasteiger partial charge is 0.504 e. The van der Waals surface area contributed by atoms with Crippen molar-refractivity contribution in [2.75, 3.05) is 6.61 Å². The van der Waals surface area contributed by atoms with Crippen LogP contribution >= 0.6 is 0 Å². The van der Waals surface area contributed by atoms with E-state index >= 15 is 0 Å². The summed E-state index contributed by atoms with van der Waals surface area (Å²) in [5.74, 6) is -2.54. The minimum atomic E-state index is -0.709. The number of hydrogen-bond acceptors (Lipinski definition) is 5. The van der Waals surface area contributed by atoms with Crippen molar-refractivity contribution in [1.82, 2.24) is 0 Å². The molecule has 1 aromatic carbocycles. The maximum atomic E-state index is 12.0. The zero-order valence-electron chi connectivity index (χ0n) is 19.6. The molecule has 1 aromatic rings. The van der Waals surface area contributed by atoms with E-state index in [2.05, 4.69) is 39.8 Å². The summed E-state index contributed by atoms with van der Waals surface area (Å²) >= 11 is 0. The minimum absolute atomic E-state index is 0.0442. The van der Waals surface area contributed by atoms with Gasteiger partial charge in [-0.05, 0) is 69.2 Å². The van der Waals surface area contributed by atoms with E-state index < -0.39 is 23.2 Å². The predicted molar refractivity (Wildman–Crippen MR) is 128 cm³/mol. The molecule has 0 aliphatic heterocycles. The first-order chi connectivity index (χ1) is 15.0. The van der Waals surface area contributed by atoms with Crippen molar-refractivity contribution in [3.63, 3.8) is 0 Å². The Morgan fingerprint density at radius 2 is 1.75 bits per heavy atom. The smallest absolute Gasteiger partial charge is 0.338 e. The number of ether oxygens (including phenoxy) is 1. The van der Waals surface area contributed by atoms with Crippen LogP contribution in [0.4, 0.5) is 0 Å². The SMILES string of the molecule is CC(C=CC1=C(C)CCCC1(C)C)=CC=CC(C)=CCOC(=O)c1cc(O)c(O)c(O)c1. The molecule has 0 bridgehead atoms. The normalized spacial score (nSPS) is 17.4. The lowest BCUT2D eigenvalue weighted by molar-refractivity contribution is 0.0548. The first-order valence-corrected chi connectivity index (χ1v) is 10.8. The molecule has 5 nitrogen and oxygen atoms in total. The third-order valence-electron chi connectivity index (χ3n) is 5.70. The number of carbonyl (C=O) groups is 1. The van der Waals surface area contributed by atoms with Crippen LogP contribution in [0.1, 0.15) is 64.2 Å². The maximum Gasteiger partial charge on any atom is 0.338 e. The second-order valence-corrected chi connectivity index (χ2v) is 8.94. The van der Waals surface area contributed by atoms with Crippen LogP contribution in [0.5, 0.6) is 17.2 Å². The Morgan fingerprint density at radius 1 is 1.09 bits per heavy atom. The van der Waals surface area contributed by atoms with Gasteiger partial charge in [-0.1, -0.05) is 60.9 Å². The lowest BCUT2D eigenvalue weighted by Crippen LogP contribution is -2.19. The molecule has 0 heterocycles. The molecule has 5 heteroatoms. The quantitative estimate of drug-likeness (QED) is 0.257. The topological polar surface area (TPSA) is 87.0 Å². The van der Waals surface area contributed by atoms with Crippen molar-refractivity contribution in [2.45, 2.75) is 53.9 Å². The van der Waals surface area contributed by atoms with Gasteiger partial charge in [-0.2, -0.15) is 0 Å². The van der Waals surface area contributed by atoms with Gasteiger partial charge in [0.1, 0.15) is 6.61 Å². The molecule has 1 aliphatic rings. The van der Waals surface area contributed by atoms with Crippen LogP contribution < -0.4 is 0 Å². The van der Waals surface area contributed by atoms with Crippen LogP contribution in [0.2, 0.25) is 0 Å². The van der Waals surface area contributed by atoms with Gasteiger partial charge >= 0.3 is 5.97 Å². The summed E-state index contributed by atoms with van der Waals surface area (Å²) in [6.45, 7) is 10.9. The molecule has 0 amide bonds. The number of rotatable bonds is 7. The van der Waals surface area contributed by atoms with Gasteiger partial charge in [0.05, 0.1) is 5.56 Å². The Kier molecular flexibility index (Phi) is 8.53. The Balaban J connectivity index is 1.91. The molecule has 0 saturated heterocycles. The van der Waals surface area contributed by atoms with E-state index in [1.54, 1.807) is 6.08 Å². The Hall–Kier alpha value is -3.21. The molecular weight excluding hydrogens is 404 g/mol. The first kappa shape index (κ1) is 25.1. The van der Waals surface area contributed by atoms with Crippen molar-refractivity contribution >= 4 is 5.97 Å². The number of carbonyl (C=O) groups excluding carboxylic acids is 1. The van der Waals surface area contributed by atoms with Crippen molar-refractivity contribution in [3.8, 4) is 17.2 Å². The average Bonchev–Trinajstić information content (AvgIpc) is 2.70. The summed E-state index contributed by atoms with van der Waals surface area (Å²) in [5.41, 5.74) is 5.17. The van der Waals surface area contributed by atoms with Gasteiger partial charge in [-0.15, -0.1) is 0 Å². The van der Waals surface area contributed by atoms with E-state index in [0.717, 1.165) is 23.3 Å². The third kappa shape index (κ3) is 6.91. The van der Waals surface area contributed by atoms with Gasteiger partial charge in [0.25, 0.3) is 0 Å². The monoisotopic (exact) mass is 438 g/mol. The van der Waals surface area contributed by atoms with Crippen molar-refractivity contribution in [3.05, 3.63) is 76.4 Å². The average molecular weight is 439 g/mol. The molecule has 1 aliphatic carbocycles. The van der Waals surface area contributed by atoms with Crippen LogP contribution in [-0.4, -0.2) is 27.9 Å². The highest BCUT2D eigenvalue weighted by molar-refractivity contribution is 5.91. The number of esters is 1. The second kappa shape index (κ2) is 10.9. The van der Waals surface area contributed by atoms with Crippen LogP contribution in [0.15, 0.2) is 70.9 Å². The summed E-state index contributed by atoms with van der Waals surface area (Å²) < 4.78 is 5.13. The molecule has 0 saturated carbocycles. The minimum Gasteiger partial charge on any atom is -0.504 e. The molecule has 0 fully saturated rings.